The number of amides is 2. The number of carbonyl (C=O) groups excluding carboxylic acids is 2. The van der Waals surface area contributed by atoms with Crippen LogP contribution in [0.15, 0.2) is 48.5 Å². The number of benzene rings is 2. The molecular weight excluding hydrogens is 362 g/mol. The van der Waals surface area contributed by atoms with Gasteiger partial charge in [-0.1, -0.05) is 39.0 Å². The lowest BCUT2D eigenvalue weighted by Gasteiger charge is -2.23. The van der Waals surface area contributed by atoms with Gasteiger partial charge in [0.05, 0.1) is 0 Å². The maximum atomic E-state index is 12.9. The van der Waals surface area contributed by atoms with E-state index in [4.69, 9.17) is 0 Å². The van der Waals surface area contributed by atoms with E-state index >= 15 is 0 Å². The van der Waals surface area contributed by atoms with Crippen LogP contribution >= 0.6 is 0 Å². The molecule has 2 N–H and O–H groups in total. The summed E-state index contributed by atoms with van der Waals surface area (Å²) in [5.41, 5.74) is 3.40. The molecule has 0 spiro atoms. The SMILES string of the molecule is Cc1ccccc1C(=O)NC(C(=O)Nc1ccc(N2CCC(C)C2)cc1)C(C)C. The van der Waals surface area contributed by atoms with Crippen molar-refractivity contribution in [1.82, 2.24) is 5.32 Å². The van der Waals surface area contributed by atoms with E-state index < -0.39 is 6.04 Å². The summed E-state index contributed by atoms with van der Waals surface area (Å²) < 4.78 is 0. The van der Waals surface area contributed by atoms with Gasteiger partial charge in [-0.05, 0) is 61.1 Å². The molecule has 0 radical (unpaired) electrons. The topological polar surface area (TPSA) is 61.4 Å². The summed E-state index contributed by atoms with van der Waals surface area (Å²) in [6.45, 7) is 10.2. The van der Waals surface area contributed by atoms with E-state index in [2.05, 4.69) is 22.5 Å². The molecule has 0 aromatic heterocycles. The zero-order chi connectivity index (χ0) is 21.0. The van der Waals surface area contributed by atoms with Gasteiger partial charge in [0.2, 0.25) is 5.91 Å². The van der Waals surface area contributed by atoms with Crippen LogP contribution in [-0.2, 0) is 4.79 Å². The van der Waals surface area contributed by atoms with Crippen molar-refractivity contribution in [2.75, 3.05) is 23.3 Å². The zero-order valence-corrected chi connectivity index (χ0v) is 17.7. The van der Waals surface area contributed by atoms with Crippen LogP contribution in [0.2, 0.25) is 0 Å². The molecule has 1 aliphatic heterocycles. The third kappa shape index (κ3) is 5.17. The Hall–Kier alpha value is -2.82. The number of carbonyl (C=O) groups is 2. The zero-order valence-electron chi connectivity index (χ0n) is 17.7. The van der Waals surface area contributed by atoms with E-state index in [1.165, 1.54) is 12.1 Å². The Kier molecular flexibility index (Phi) is 6.57. The van der Waals surface area contributed by atoms with E-state index in [0.29, 0.717) is 5.56 Å². The normalized spacial score (nSPS) is 17.3. The second kappa shape index (κ2) is 9.12. The molecule has 5 heteroatoms. The quantitative estimate of drug-likeness (QED) is 0.772. The highest BCUT2D eigenvalue weighted by atomic mass is 16.2. The van der Waals surface area contributed by atoms with Gasteiger partial charge in [-0.3, -0.25) is 9.59 Å². The molecule has 2 aromatic carbocycles. The lowest BCUT2D eigenvalue weighted by molar-refractivity contribution is -0.118. The fourth-order valence-corrected chi connectivity index (χ4v) is 3.73. The summed E-state index contributed by atoms with van der Waals surface area (Å²) >= 11 is 0. The Morgan fingerprint density at radius 1 is 1.07 bits per heavy atom. The largest absolute Gasteiger partial charge is 0.371 e. The molecule has 2 unspecified atom stereocenters. The molecule has 0 aliphatic carbocycles. The third-order valence-electron chi connectivity index (χ3n) is 5.55. The molecule has 1 aliphatic rings. The van der Waals surface area contributed by atoms with Crippen molar-refractivity contribution in [3.63, 3.8) is 0 Å². The van der Waals surface area contributed by atoms with E-state index in [1.807, 2.05) is 63.2 Å². The summed E-state index contributed by atoms with van der Waals surface area (Å²) in [6.07, 6.45) is 1.22. The molecular formula is C24H31N3O2. The molecule has 1 fully saturated rings. The van der Waals surface area contributed by atoms with Crippen LogP contribution in [-0.4, -0.2) is 30.9 Å². The highest BCUT2D eigenvalue weighted by molar-refractivity contribution is 6.02. The lowest BCUT2D eigenvalue weighted by atomic mass is 10.0. The van der Waals surface area contributed by atoms with Crippen molar-refractivity contribution in [3.05, 3.63) is 59.7 Å². The lowest BCUT2D eigenvalue weighted by Crippen LogP contribution is -2.47. The number of nitrogens with one attached hydrogen (secondary N) is 2. The molecule has 0 saturated carbocycles. The number of anilines is 2. The van der Waals surface area contributed by atoms with Gasteiger partial charge in [0, 0.05) is 30.0 Å². The Morgan fingerprint density at radius 3 is 2.34 bits per heavy atom. The van der Waals surface area contributed by atoms with Crippen molar-refractivity contribution in [2.45, 2.75) is 40.2 Å². The first kappa shape index (κ1) is 20.9. The van der Waals surface area contributed by atoms with Crippen LogP contribution in [0.1, 0.15) is 43.1 Å². The minimum absolute atomic E-state index is 0.0340. The van der Waals surface area contributed by atoms with Gasteiger partial charge < -0.3 is 15.5 Å². The van der Waals surface area contributed by atoms with Crippen LogP contribution in [0.3, 0.4) is 0 Å². The average Bonchev–Trinajstić information content (AvgIpc) is 3.13. The van der Waals surface area contributed by atoms with Gasteiger partial charge in [-0.15, -0.1) is 0 Å². The van der Waals surface area contributed by atoms with Gasteiger partial charge in [-0.25, -0.2) is 0 Å². The van der Waals surface area contributed by atoms with Crippen LogP contribution in [0.25, 0.3) is 0 Å². The molecule has 2 atom stereocenters. The summed E-state index contributed by atoms with van der Waals surface area (Å²) in [4.78, 5) is 27.9. The highest BCUT2D eigenvalue weighted by Crippen LogP contribution is 2.25. The number of hydrogen-bond donors (Lipinski definition) is 2. The molecule has 154 valence electrons. The number of rotatable bonds is 6. The van der Waals surface area contributed by atoms with Crippen LogP contribution in [0, 0.1) is 18.8 Å². The monoisotopic (exact) mass is 393 g/mol. The number of nitrogens with zero attached hydrogens (tertiary/aromatic N) is 1. The second-order valence-corrected chi connectivity index (χ2v) is 8.39. The Bertz CT molecular complexity index is 861. The molecule has 3 rings (SSSR count). The average molecular weight is 394 g/mol. The molecule has 2 amide bonds. The highest BCUT2D eigenvalue weighted by Gasteiger charge is 2.25. The van der Waals surface area contributed by atoms with Gasteiger partial charge in [-0.2, -0.15) is 0 Å². The fraction of sp³-hybridized carbons (Fsp3) is 0.417. The first-order chi connectivity index (χ1) is 13.8. The van der Waals surface area contributed by atoms with E-state index in [9.17, 15) is 9.59 Å². The summed E-state index contributed by atoms with van der Waals surface area (Å²) in [5.74, 6) is 0.256. The third-order valence-corrected chi connectivity index (χ3v) is 5.55. The number of hydrogen-bond acceptors (Lipinski definition) is 3. The van der Waals surface area contributed by atoms with Crippen molar-refractivity contribution >= 4 is 23.2 Å². The first-order valence-corrected chi connectivity index (χ1v) is 10.4. The first-order valence-electron chi connectivity index (χ1n) is 10.4. The predicted molar refractivity (Wildman–Crippen MR) is 118 cm³/mol. The van der Waals surface area contributed by atoms with Gasteiger partial charge in [0.25, 0.3) is 5.91 Å². The second-order valence-electron chi connectivity index (χ2n) is 8.39. The van der Waals surface area contributed by atoms with Gasteiger partial charge in [0.1, 0.15) is 6.04 Å². The van der Waals surface area contributed by atoms with Crippen LogP contribution in [0.5, 0.6) is 0 Å². The molecule has 5 nitrogen and oxygen atoms in total. The summed E-state index contributed by atoms with van der Waals surface area (Å²) in [6, 6.07) is 14.7. The molecule has 1 heterocycles. The van der Waals surface area contributed by atoms with E-state index in [1.54, 1.807) is 6.07 Å². The Balaban J connectivity index is 1.65. The molecule has 29 heavy (non-hydrogen) atoms. The Labute approximate surface area is 173 Å². The fourth-order valence-electron chi connectivity index (χ4n) is 3.73. The van der Waals surface area contributed by atoms with Gasteiger partial charge >= 0.3 is 0 Å². The predicted octanol–water partition coefficient (Wildman–Crippen LogP) is 4.23. The maximum Gasteiger partial charge on any atom is 0.252 e. The van der Waals surface area contributed by atoms with Crippen molar-refractivity contribution < 1.29 is 9.59 Å². The molecule has 0 bridgehead atoms. The van der Waals surface area contributed by atoms with Crippen molar-refractivity contribution in [2.24, 2.45) is 11.8 Å². The van der Waals surface area contributed by atoms with Gasteiger partial charge in [0.15, 0.2) is 0 Å². The maximum absolute atomic E-state index is 12.9. The molecule has 1 saturated heterocycles. The minimum Gasteiger partial charge on any atom is -0.371 e. The van der Waals surface area contributed by atoms with Crippen molar-refractivity contribution in [1.29, 1.82) is 0 Å². The molecule has 2 aromatic rings. The van der Waals surface area contributed by atoms with Crippen molar-refractivity contribution in [3.8, 4) is 0 Å². The summed E-state index contributed by atoms with van der Waals surface area (Å²) in [5, 5.41) is 5.84. The van der Waals surface area contributed by atoms with Crippen LogP contribution in [0.4, 0.5) is 11.4 Å². The summed E-state index contributed by atoms with van der Waals surface area (Å²) in [7, 11) is 0. The smallest absolute Gasteiger partial charge is 0.252 e. The van der Waals surface area contributed by atoms with E-state index in [-0.39, 0.29) is 17.7 Å². The minimum atomic E-state index is -0.610. The number of aryl methyl sites for hydroxylation is 1. The van der Waals surface area contributed by atoms with Crippen LogP contribution < -0.4 is 15.5 Å². The Morgan fingerprint density at radius 2 is 1.76 bits per heavy atom. The standard InChI is InChI=1S/C24H31N3O2/c1-16(2)22(26-23(28)21-8-6-5-7-18(21)4)24(29)25-19-9-11-20(12-10-19)27-14-13-17(3)15-27/h5-12,16-17,22H,13-15H2,1-4H3,(H,25,29)(H,26,28). The van der Waals surface area contributed by atoms with E-state index in [0.717, 1.165) is 30.3 Å².